The zero-order chi connectivity index (χ0) is 26.9. The van der Waals surface area contributed by atoms with Crippen molar-refractivity contribution in [3.63, 3.8) is 0 Å². The minimum absolute atomic E-state index is 0.287. The number of para-hydroxylation sites is 1. The number of carbonyl (C=O) groups excluding carboxylic acids is 4. The lowest BCUT2D eigenvalue weighted by Gasteiger charge is -2.28. The van der Waals surface area contributed by atoms with E-state index in [0.717, 1.165) is 0 Å². The predicted molar refractivity (Wildman–Crippen MR) is 132 cm³/mol. The summed E-state index contributed by atoms with van der Waals surface area (Å²) in [5.41, 5.74) is 5.30. The van der Waals surface area contributed by atoms with Crippen LogP contribution in [0, 0.1) is 11.6 Å². The molecule has 0 bridgehead atoms. The molecule has 1 aliphatic heterocycles. The summed E-state index contributed by atoms with van der Waals surface area (Å²) < 4.78 is 27.0. The summed E-state index contributed by atoms with van der Waals surface area (Å²) in [6, 6.07) is 16.2. The second-order valence-corrected chi connectivity index (χ2v) is 8.52. The summed E-state index contributed by atoms with van der Waals surface area (Å²) in [5.74, 6) is -6.51. The molecule has 0 saturated heterocycles. The minimum atomic E-state index is -2.46. The van der Waals surface area contributed by atoms with Gasteiger partial charge in [-0.3, -0.25) is 24.9 Å². The summed E-state index contributed by atoms with van der Waals surface area (Å²) >= 11 is 0. The van der Waals surface area contributed by atoms with E-state index in [0.29, 0.717) is 35.0 Å². The monoisotopic (exact) mass is 504 g/mol. The number of ketones is 2. The molecule has 0 aromatic heterocycles. The first kappa shape index (κ1) is 25.5. The number of carbonyl (C=O) groups is 4. The van der Waals surface area contributed by atoms with Crippen LogP contribution in [-0.4, -0.2) is 47.8 Å². The van der Waals surface area contributed by atoms with Gasteiger partial charge in [0.1, 0.15) is 11.6 Å². The van der Waals surface area contributed by atoms with Gasteiger partial charge in [-0.2, -0.15) is 0 Å². The number of rotatable bonds is 6. The lowest BCUT2D eigenvalue weighted by molar-refractivity contribution is -0.136. The molecule has 3 aromatic carbocycles. The standard InChI is InChI=1S/C27H22F2N4O4/c1-15(31-25(36)23(34)17-12-18(28)14-19(29)13-17)24(35)27(30)26(37)33(2)21-11-7-6-10-20(21)22(32-27)16-8-4-3-5-9-16/h3-15H,30H2,1-2H3,(H,31,36)/t15-,27?/m0/s1. The molecule has 0 radical (unpaired) electrons. The number of nitrogens with two attached hydrogens (primary N) is 1. The Kier molecular flexibility index (Phi) is 6.78. The lowest BCUT2D eigenvalue weighted by atomic mass is 9.97. The van der Waals surface area contributed by atoms with E-state index >= 15 is 0 Å². The number of anilines is 1. The highest BCUT2D eigenvalue weighted by molar-refractivity contribution is 6.43. The van der Waals surface area contributed by atoms with E-state index in [4.69, 9.17) is 5.73 Å². The fourth-order valence-corrected chi connectivity index (χ4v) is 4.07. The number of nitrogens with one attached hydrogen (secondary N) is 1. The Balaban J connectivity index is 1.70. The van der Waals surface area contributed by atoms with Gasteiger partial charge in [-0.1, -0.05) is 48.5 Å². The third kappa shape index (κ3) is 4.78. The molecular formula is C27H22F2N4O4. The number of halogens is 2. The van der Waals surface area contributed by atoms with Gasteiger partial charge in [0.25, 0.3) is 11.8 Å². The number of benzodiazepines with no additional fused rings is 1. The van der Waals surface area contributed by atoms with Crippen LogP contribution >= 0.6 is 0 Å². The van der Waals surface area contributed by atoms with E-state index in [9.17, 15) is 28.0 Å². The predicted octanol–water partition coefficient (Wildman–Crippen LogP) is 2.39. The van der Waals surface area contributed by atoms with Crippen LogP contribution in [0.5, 0.6) is 0 Å². The van der Waals surface area contributed by atoms with E-state index in [1.807, 2.05) is 0 Å². The number of nitrogens with zero attached hydrogens (tertiary/aromatic N) is 2. The van der Waals surface area contributed by atoms with Crippen LogP contribution in [0.25, 0.3) is 0 Å². The van der Waals surface area contributed by atoms with Crippen molar-refractivity contribution in [2.45, 2.75) is 18.6 Å². The van der Waals surface area contributed by atoms with Crippen molar-refractivity contribution in [3.05, 3.63) is 101 Å². The molecule has 3 aromatic rings. The van der Waals surface area contributed by atoms with Crippen molar-refractivity contribution in [1.82, 2.24) is 5.32 Å². The summed E-state index contributed by atoms with van der Waals surface area (Å²) in [5, 5.41) is 2.17. The molecule has 0 saturated carbocycles. The summed E-state index contributed by atoms with van der Waals surface area (Å²) in [6.45, 7) is 1.23. The first-order valence-corrected chi connectivity index (χ1v) is 11.2. The molecular weight excluding hydrogens is 482 g/mol. The fourth-order valence-electron chi connectivity index (χ4n) is 4.07. The Hall–Kier alpha value is -4.57. The van der Waals surface area contributed by atoms with Crippen LogP contribution in [-0.2, 0) is 14.4 Å². The van der Waals surface area contributed by atoms with Crippen LogP contribution < -0.4 is 16.0 Å². The second kappa shape index (κ2) is 9.82. The normalized spacial score (nSPS) is 17.8. The van der Waals surface area contributed by atoms with Gasteiger partial charge in [0.2, 0.25) is 17.2 Å². The van der Waals surface area contributed by atoms with Crippen molar-refractivity contribution >= 4 is 34.8 Å². The van der Waals surface area contributed by atoms with Crippen LogP contribution in [0.1, 0.15) is 28.4 Å². The molecule has 10 heteroatoms. The molecule has 2 atom stereocenters. The molecule has 1 unspecified atom stereocenters. The number of hydrogen-bond acceptors (Lipinski definition) is 6. The minimum Gasteiger partial charge on any atom is -0.339 e. The Morgan fingerprint density at radius 1 is 0.973 bits per heavy atom. The molecule has 2 amide bonds. The van der Waals surface area contributed by atoms with E-state index in [1.165, 1.54) is 18.9 Å². The zero-order valence-electron chi connectivity index (χ0n) is 19.9. The summed E-state index contributed by atoms with van der Waals surface area (Å²) in [7, 11) is 1.45. The van der Waals surface area contributed by atoms with Gasteiger partial charge in [-0.15, -0.1) is 0 Å². The summed E-state index contributed by atoms with van der Waals surface area (Å²) in [6.07, 6.45) is 0. The average molecular weight is 504 g/mol. The first-order valence-electron chi connectivity index (χ1n) is 11.2. The maximum atomic E-state index is 13.5. The number of likely N-dealkylation sites (N-methyl/N-ethyl adjacent to an activating group) is 1. The SMILES string of the molecule is C[C@H](NC(=O)C(=O)c1cc(F)cc(F)c1)C(=O)C1(N)N=C(c2ccccc2)c2ccccc2N(C)C1=O. The number of fused-ring (bicyclic) bond motifs is 1. The Morgan fingerprint density at radius 2 is 1.57 bits per heavy atom. The third-order valence-electron chi connectivity index (χ3n) is 5.93. The molecule has 8 nitrogen and oxygen atoms in total. The number of amides is 2. The summed E-state index contributed by atoms with van der Waals surface area (Å²) in [4.78, 5) is 57.6. The molecule has 188 valence electrons. The third-order valence-corrected chi connectivity index (χ3v) is 5.93. The van der Waals surface area contributed by atoms with Gasteiger partial charge in [0.15, 0.2) is 0 Å². The first-order chi connectivity index (χ1) is 17.5. The number of Topliss-reactive ketones (excluding diaryl/α,β-unsaturated/α-hetero) is 2. The van der Waals surface area contributed by atoms with Crippen molar-refractivity contribution in [1.29, 1.82) is 0 Å². The van der Waals surface area contributed by atoms with Crippen LogP contribution in [0.4, 0.5) is 14.5 Å². The molecule has 37 heavy (non-hydrogen) atoms. The quantitative estimate of drug-likeness (QED) is 0.303. The van der Waals surface area contributed by atoms with Gasteiger partial charge in [-0.25, -0.2) is 13.8 Å². The van der Waals surface area contributed by atoms with E-state index in [-0.39, 0.29) is 5.71 Å². The van der Waals surface area contributed by atoms with Gasteiger partial charge in [0, 0.05) is 29.8 Å². The number of benzene rings is 3. The fraction of sp³-hybridized carbons (Fsp3) is 0.148. The Labute approximate surface area is 210 Å². The van der Waals surface area contributed by atoms with Crippen molar-refractivity contribution in [2.75, 3.05) is 11.9 Å². The van der Waals surface area contributed by atoms with Gasteiger partial charge in [-0.05, 0) is 25.1 Å². The average Bonchev–Trinajstić information content (AvgIpc) is 2.97. The van der Waals surface area contributed by atoms with E-state index in [2.05, 4.69) is 10.3 Å². The van der Waals surface area contributed by atoms with E-state index < -0.39 is 52.3 Å². The lowest BCUT2D eigenvalue weighted by Crippen LogP contribution is -2.63. The van der Waals surface area contributed by atoms with Gasteiger partial charge in [0.05, 0.1) is 17.4 Å². The van der Waals surface area contributed by atoms with E-state index in [1.54, 1.807) is 54.6 Å². The molecule has 1 heterocycles. The molecule has 0 aliphatic carbocycles. The largest absolute Gasteiger partial charge is 0.339 e. The molecule has 0 fully saturated rings. The number of hydrogen-bond donors (Lipinski definition) is 2. The van der Waals surface area contributed by atoms with Crippen molar-refractivity contribution < 1.29 is 28.0 Å². The molecule has 4 rings (SSSR count). The van der Waals surface area contributed by atoms with Crippen LogP contribution in [0.15, 0.2) is 77.8 Å². The Morgan fingerprint density at radius 3 is 2.22 bits per heavy atom. The highest BCUT2D eigenvalue weighted by atomic mass is 19.1. The van der Waals surface area contributed by atoms with Gasteiger partial charge >= 0.3 is 0 Å². The molecule has 1 aliphatic rings. The van der Waals surface area contributed by atoms with Crippen molar-refractivity contribution in [3.8, 4) is 0 Å². The van der Waals surface area contributed by atoms with Crippen molar-refractivity contribution in [2.24, 2.45) is 10.7 Å². The molecule has 3 N–H and O–H groups in total. The maximum absolute atomic E-state index is 13.5. The highest BCUT2D eigenvalue weighted by Gasteiger charge is 2.49. The Bertz CT molecular complexity index is 1440. The van der Waals surface area contributed by atoms with Crippen LogP contribution in [0.2, 0.25) is 0 Å². The van der Waals surface area contributed by atoms with Gasteiger partial charge < -0.3 is 10.2 Å². The topological polar surface area (TPSA) is 122 Å². The maximum Gasteiger partial charge on any atom is 0.292 e. The highest BCUT2D eigenvalue weighted by Crippen LogP contribution is 2.30. The number of aliphatic imine (C=N–C) groups is 1. The smallest absolute Gasteiger partial charge is 0.292 e. The van der Waals surface area contributed by atoms with Crippen LogP contribution in [0.3, 0.4) is 0 Å². The second-order valence-electron chi connectivity index (χ2n) is 8.52. The zero-order valence-corrected chi connectivity index (χ0v) is 19.9. The molecule has 0 spiro atoms.